The topological polar surface area (TPSA) is 8.17 Å². The van der Waals surface area contributed by atoms with E-state index >= 15 is 0 Å². The number of fused-ring (bicyclic) bond motifs is 3. The monoisotopic (exact) mass is 866 g/mol. The first-order valence-corrected chi connectivity index (χ1v) is 23.3. The van der Waals surface area contributed by atoms with E-state index in [0.29, 0.717) is 0 Å². The van der Waals surface area contributed by atoms with Crippen LogP contribution in [-0.4, -0.2) is 4.57 Å². The van der Waals surface area contributed by atoms with Crippen LogP contribution in [0.4, 0.5) is 17.1 Å². The van der Waals surface area contributed by atoms with Gasteiger partial charge in [0.05, 0.1) is 16.7 Å². The highest BCUT2D eigenvalue weighted by atomic mass is 15.1. The van der Waals surface area contributed by atoms with Gasteiger partial charge >= 0.3 is 0 Å². The smallest absolute Gasteiger partial charge is 0.0547 e. The molecule has 0 saturated heterocycles. The largest absolute Gasteiger partial charge is 0.310 e. The van der Waals surface area contributed by atoms with Crippen LogP contribution < -0.4 is 4.90 Å². The lowest BCUT2D eigenvalue weighted by atomic mass is 9.94. The molecule has 1 heterocycles. The summed E-state index contributed by atoms with van der Waals surface area (Å²) in [5, 5.41) is 2.49. The van der Waals surface area contributed by atoms with Gasteiger partial charge in [0.25, 0.3) is 0 Å². The molecule has 1 aromatic heterocycles. The van der Waals surface area contributed by atoms with Crippen LogP contribution >= 0.6 is 0 Å². The minimum Gasteiger partial charge on any atom is -0.310 e. The highest BCUT2D eigenvalue weighted by molar-refractivity contribution is 6.16. The fourth-order valence-corrected chi connectivity index (χ4v) is 9.89. The maximum Gasteiger partial charge on any atom is 0.0547 e. The zero-order chi connectivity index (χ0) is 45.2. The Morgan fingerprint density at radius 2 is 0.618 bits per heavy atom. The lowest BCUT2D eigenvalue weighted by Crippen LogP contribution is -2.11. The molecule has 320 valence electrons. The third-order valence-corrected chi connectivity index (χ3v) is 13.2. The SMILES string of the molecule is c1ccc(-c2ccc(-c3ccc(N(c4ccc(-c5ccc(-c6ccccc6)cc5)cc4)c4ccccc4-c4cccc(-c5cccc6c5c5ccccc5n6-c5ccccc5)c4)cc3)cc2)cc1. The molecule has 0 unspecified atom stereocenters. The molecule has 2 heteroatoms. The van der Waals surface area contributed by atoms with Gasteiger partial charge in [0.2, 0.25) is 0 Å². The molecule has 0 amide bonds. The lowest BCUT2D eigenvalue weighted by molar-refractivity contribution is 1.18. The Kier molecular flexibility index (Phi) is 10.6. The maximum absolute atomic E-state index is 2.40. The third-order valence-electron chi connectivity index (χ3n) is 13.2. The molecular formula is C66H46N2. The van der Waals surface area contributed by atoms with Gasteiger partial charge < -0.3 is 9.47 Å². The summed E-state index contributed by atoms with van der Waals surface area (Å²) < 4.78 is 2.39. The minimum absolute atomic E-state index is 1.08. The quantitative estimate of drug-likeness (QED) is 0.133. The van der Waals surface area contributed by atoms with E-state index in [4.69, 9.17) is 0 Å². The molecule has 12 aromatic rings. The van der Waals surface area contributed by atoms with Gasteiger partial charge in [-0.15, -0.1) is 0 Å². The van der Waals surface area contributed by atoms with Crippen LogP contribution in [0.15, 0.2) is 279 Å². The van der Waals surface area contributed by atoms with E-state index in [1.165, 1.54) is 77.4 Å². The van der Waals surface area contributed by atoms with Gasteiger partial charge in [-0.25, -0.2) is 0 Å². The van der Waals surface area contributed by atoms with Crippen molar-refractivity contribution in [3.63, 3.8) is 0 Å². The second-order valence-corrected chi connectivity index (χ2v) is 17.3. The highest BCUT2D eigenvalue weighted by Gasteiger charge is 2.20. The molecule has 0 aliphatic carbocycles. The van der Waals surface area contributed by atoms with Gasteiger partial charge in [0.15, 0.2) is 0 Å². The Bertz CT molecular complexity index is 3540. The summed E-state index contributed by atoms with van der Waals surface area (Å²) in [4.78, 5) is 2.40. The van der Waals surface area contributed by atoms with E-state index in [0.717, 1.165) is 33.9 Å². The van der Waals surface area contributed by atoms with Gasteiger partial charge in [0, 0.05) is 33.4 Å². The summed E-state index contributed by atoms with van der Waals surface area (Å²) >= 11 is 0. The average molecular weight is 867 g/mol. The molecular weight excluding hydrogens is 821 g/mol. The van der Waals surface area contributed by atoms with E-state index in [1.54, 1.807) is 0 Å². The van der Waals surface area contributed by atoms with Crippen LogP contribution in [0, 0.1) is 0 Å². The summed E-state index contributed by atoms with van der Waals surface area (Å²) in [6.45, 7) is 0. The minimum atomic E-state index is 1.08. The number of para-hydroxylation sites is 3. The van der Waals surface area contributed by atoms with Crippen molar-refractivity contribution in [2.24, 2.45) is 0 Å². The molecule has 0 N–H and O–H groups in total. The number of rotatable bonds is 10. The number of nitrogens with zero attached hydrogens (tertiary/aromatic N) is 2. The van der Waals surface area contributed by atoms with Crippen molar-refractivity contribution in [2.45, 2.75) is 0 Å². The molecule has 0 fully saturated rings. The van der Waals surface area contributed by atoms with Crippen molar-refractivity contribution in [2.75, 3.05) is 4.90 Å². The van der Waals surface area contributed by atoms with E-state index < -0.39 is 0 Å². The molecule has 12 rings (SSSR count). The molecule has 0 bridgehead atoms. The molecule has 2 nitrogen and oxygen atoms in total. The van der Waals surface area contributed by atoms with Gasteiger partial charge in [-0.05, 0) is 122 Å². The standard InChI is InChI=1S/C66H46N2/c1-4-16-47(17-5-1)49-30-34-51(35-31-49)53-38-42-58(43-39-53)67(59-44-40-54(41-45-59)52-36-32-50(33-37-52)48-18-6-2-7-19-48)63-27-12-10-24-60(63)55-20-14-21-56(46-55)61-26-15-29-65-66(61)62-25-11-13-28-64(62)68(65)57-22-8-3-9-23-57/h1-46H. The zero-order valence-corrected chi connectivity index (χ0v) is 37.5. The summed E-state index contributed by atoms with van der Waals surface area (Å²) in [7, 11) is 0. The molecule has 0 atom stereocenters. The zero-order valence-electron chi connectivity index (χ0n) is 37.5. The van der Waals surface area contributed by atoms with E-state index in [9.17, 15) is 0 Å². The van der Waals surface area contributed by atoms with Crippen molar-refractivity contribution in [3.05, 3.63) is 279 Å². The summed E-state index contributed by atoms with van der Waals surface area (Å²) in [6.07, 6.45) is 0. The van der Waals surface area contributed by atoms with Crippen molar-refractivity contribution >= 4 is 38.9 Å². The summed E-state index contributed by atoms with van der Waals surface area (Å²) in [5.41, 5.74) is 21.1. The van der Waals surface area contributed by atoms with Crippen LogP contribution in [0.5, 0.6) is 0 Å². The van der Waals surface area contributed by atoms with Gasteiger partial charge in [-0.2, -0.15) is 0 Å². The Morgan fingerprint density at radius 1 is 0.250 bits per heavy atom. The molecule has 68 heavy (non-hydrogen) atoms. The van der Waals surface area contributed by atoms with Crippen LogP contribution in [0.3, 0.4) is 0 Å². The van der Waals surface area contributed by atoms with Gasteiger partial charge in [-0.3, -0.25) is 0 Å². The number of aromatic nitrogens is 1. The van der Waals surface area contributed by atoms with Crippen molar-refractivity contribution in [1.29, 1.82) is 0 Å². The summed E-state index contributed by atoms with van der Waals surface area (Å²) in [6, 6.07) is 101. The maximum atomic E-state index is 2.40. The van der Waals surface area contributed by atoms with Crippen molar-refractivity contribution < 1.29 is 0 Å². The van der Waals surface area contributed by atoms with Crippen molar-refractivity contribution in [1.82, 2.24) is 4.57 Å². The Morgan fingerprint density at radius 3 is 1.16 bits per heavy atom. The number of anilines is 3. The first-order valence-electron chi connectivity index (χ1n) is 23.3. The number of hydrogen-bond donors (Lipinski definition) is 0. The average Bonchev–Trinajstić information content (AvgIpc) is 3.77. The van der Waals surface area contributed by atoms with E-state index in [2.05, 4.69) is 289 Å². The van der Waals surface area contributed by atoms with Crippen LogP contribution in [-0.2, 0) is 0 Å². The van der Waals surface area contributed by atoms with Crippen molar-refractivity contribution in [3.8, 4) is 72.4 Å². The first-order chi connectivity index (χ1) is 33.7. The summed E-state index contributed by atoms with van der Waals surface area (Å²) in [5.74, 6) is 0. The predicted octanol–water partition coefficient (Wildman–Crippen LogP) is 18.3. The molecule has 0 radical (unpaired) electrons. The normalized spacial score (nSPS) is 11.2. The lowest BCUT2D eigenvalue weighted by Gasteiger charge is -2.28. The van der Waals surface area contributed by atoms with Crippen LogP contribution in [0.2, 0.25) is 0 Å². The first kappa shape index (κ1) is 40.5. The second-order valence-electron chi connectivity index (χ2n) is 17.3. The molecule has 0 saturated carbocycles. The fraction of sp³-hybridized carbons (Fsp3) is 0. The van der Waals surface area contributed by atoms with Gasteiger partial charge in [0.1, 0.15) is 0 Å². The highest BCUT2D eigenvalue weighted by Crippen LogP contribution is 2.44. The predicted molar refractivity (Wildman–Crippen MR) is 288 cm³/mol. The Labute approximate surface area is 397 Å². The van der Waals surface area contributed by atoms with E-state index in [1.807, 2.05) is 0 Å². The molecule has 11 aromatic carbocycles. The molecule has 0 spiro atoms. The van der Waals surface area contributed by atoms with Crippen LogP contribution in [0.1, 0.15) is 0 Å². The van der Waals surface area contributed by atoms with Gasteiger partial charge in [-0.1, -0.05) is 218 Å². The second kappa shape index (κ2) is 17.8. The third kappa shape index (κ3) is 7.64. The number of benzene rings is 11. The Hall–Kier alpha value is -8.98. The van der Waals surface area contributed by atoms with Crippen LogP contribution in [0.25, 0.3) is 94.3 Å². The fourth-order valence-electron chi connectivity index (χ4n) is 9.89. The molecule has 0 aliphatic rings. The Balaban J connectivity index is 0.946. The van der Waals surface area contributed by atoms with E-state index in [-0.39, 0.29) is 0 Å². The number of hydrogen-bond acceptors (Lipinski definition) is 1. The molecule has 0 aliphatic heterocycles.